The van der Waals surface area contributed by atoms with E-state index in [1.54, 1.807) is 6.07 Å². The van der Waals surface area contributed by atoms with E-state index in [1.165, 1.54) is 0 Å². The summed E-state index contributed by atoms with van der Waals surface area (Å²) in [7, 11) is 0. The molecule has 3 atom stereocenters. The van der Waals surface area contributed by atoms with Gasteiger partial charge >= 0.3 is 0 Å². The Hall–Kier alpha value is -2.05. The molecule has 0 spiro atoms. The fraction of sp³-hybridized carbons (Fsp3) is 0.444. The zero-order chi connectivity index (χ0) is 23.3. The van der Waals surface area contributed by atoms with E-state index in [-0.39, 0.29) is 42.5 Å². The summed E-state index contributed by atoms with van der Waals surface area (Å²) >= 11 is 0. The van der Waals surface area contributed by atoms with Crippen molar-refractivity contribution in [1.29, 1.82) is 0 Å². The van der Waals surface area contributed by atoms with Crippen molar-refractivity contribution in [2.45, 2.75) is 45.8 Å². The molecule has 0 saturated carbocycles. The van der Waals surface area contributed by atoms with Crippen molar-refractivity contribution < 1.29 is 9.90 Å². The van der Waals surface area contributed by atoms with Gasteiger partial charge in [0, 0.05) is 50.4 Å². The summed E-state index contributed by atoms with van der Waals surface area (Å²) in [6.45, 7) is 16.6. The van der Waals surface area contributed by atoms with Crippen molar-refractivity contribution in [3.63, 3.8) is 0 Å². The SMILES string of the molecule is C=CCN1CC(C)N(C(c2ccc(C(=O)N(CC)CC)cc2)c2cccc(O)c2)CC1C.Cl.Cl. The maximum Gasteiger partial charge on any atom is 0.253 e. The van der Waals surface area contributed by atoms with E-state index in [2.05, 4.69) is 48.4 Å². The molecule has 3 unspecified atom stereocenters. The highest BCUT2D eigenvalue weighted by Gasteiger charge is 2.34. The summed E-state index contributed by atoms with van der Waals surface area (Å²) in [6, 6.07) is 16.3. The van der Waals surface area contributed by atoms with Crippen LogP contribution in [-0.4, -0.2) is 70.5 Å². The van der Waals surface area contributed by atoms with Gasteiger partial charge in [-0.3, -0.25) is 14.6 Å². The highest BCUT2D eigenvalue weighted by molar-refractivity contribution is 5.94. The summed E-state index contributed by atoms with van der Waals surface area (Å²) in [5.74, 6) is 0.335. The molecule has 5 nitrogen and oxygen atoms in total. The molecule has 7 heteroatoms. The van der Waals surface area contributed by atoms with Crippen LogP contribution in [0.25, 0.3) is 0 Å². The molecule has 0 bridgehead atoms. The number of phenols is 1. The van der Waals surface area contributed by atoms with Crippen molar-refractivity contribution in [3.05, 3.63) is 77.9 Å². The summed E-state index contributed by atoms with van der Waals surface area (Å²) < 4.78 is 0. The van der Waals surface area contributed by atoms with Crippen molar-refractivity contribution in [3.8, 4) is 5.75 Å². The Balaban J connectivity index is 0.00000289. The van der Waals surface area contributed by atoms with Gasteiger partial charge in [0.2, 0.25) is 0 Å². The predicted octanol–water partition coefficient (Wildman–Crippen LogP) is 5.39. The van der Waals surface area contributed by atoms with Gasteiger partial charge in [0.25, 0.3) is 5.91 Å². The van der Waals surface area contributed by atoms with Gasteiger partial charge in [0.15, 0.2) is 0 Å². The zero-order valence-electron chi connectivity index (χ0n) is 20.7. The molecule has 1 fully saturated rings. The Bertz CT molecular complexity index is 918. The van der Waals surface area contributed by atoms with E-state index in [1.807, 2.05) is 49.1 Å². The minimum absolute atomic E-state index is 0. The molecule has 188 valence electrons. The Kier molecular flexibility index (Phi) is 12.1. The Morgan fingerprint density at radius 2 is 1.71 bits per heavy atom. The molecule has 1 N–H and O–H groups in total. The molecule has 1 saturated heterocycles. The van der Waals surface area contributed by atoms with Gasteiger partial charge < -0.3 is 10.0 Å². The number of hydrogen-bond acceptors (Lipinski definition) is 4. The highest BCUT2D eigenvalue weighted by Crippen LogP contribution is 2.34. The van der Waals surface area contributed by atoms with Crippen LogP contribution < -0.4 is 0 Å². The molecular formula is C27H39Cl2N3O2. The second-order valence-corrected chi connectivity index (χ2v) is 8.73. The largest absolute Gasteiger partial charge is 0.508 e. The third-order valence-corrected chi connectivity index (χ3v) is 6.57. The van der Waals surface area contributed by atoms with Gasteiger partial charge in [-0.15, -0.1) is 31.4 Å². The molecule has 34 heavy (non-hydrogen) atoms. The van der Waals surface area contributed by atoms with Crippen LogP contribution in [0.5, 0.6) is 5.75 Å². The van der Waals surface area contributed by atoms with Crippen molar-refractivity contribution >= 4 is 30.7 Å². The zero-order valence-corrected chi connectivity index (χ0v) is 22.3. The Morgan fingerprint density at radius 3 is 2.26 bits per heavy atom. The molecule has 0 radical (unpaired) electrons. The summed E-state index contributed by atoms with van der Waals surface area (Å²) in [5.41, 5.74) is 2.90. The molecule has 2 aromatic carbocycles. The number of amides is 1. The van der Waals surface area contributed by atoms with Crippen LogP contribution in [0, 0.1) is 0 Å². The number of hydrogen-bond donors (Lipinski definition) is 1. The smallest absolute Gasteiger partial charge is 0.253 e. The minimum atomic E-state index is 0. The number of nitrogens with zero attached hydrogens (tertiary/aromatic N) is 3. The van der Waals surface area contributed by atoms with Crippen LogP contribution in [0.4, 0.5) is 0 Å². The number of rotatable bonds is 8. The topological polar surface area (TPSA) is 47.0 Å². The molecule has 1 aliphatic heterocycles. The van der Waals surface area contributed by atoms with Gasteiger partial charge in [-0.25, -0.2) is 0 Å². The van der Waals surface area contributed by atoms with Crippen LogP contribution in [0.15, 0.2) is 61.2 Å². The monoisotopic (exact) mass is 507 g/mol. The van der Waals surface area contributed by atoms with Crippen molar-refractivity contribution in [2.24, 2.45) is 0 Å². The molecule has 3 rings (SSSR count). The van der Waals surface area contributed by atoms with Gasteiger partial charge in [-0.1, -0.05) is 30.3 Å². The number of carbonyl (C=O) groups is 1. The number of carbonyl (C=O) groups excluding carboxylic acids is 1. The fourth-order valence-electron chi connectivity index (χ4n) is 4.78. The van der Waals surface area contributed by atoms with Gasteiger partial charge in [-0.2, -0.15) is 0 Å². The highest BCUT2D eigenvalue weighted by atomic mass is 35.5. The molecule has 1 aliphatic rings. The van der Waals surface area contributed by atoms with Gasteiger partial charge in [0.05, 0.1) is 6.04 Å². The number of piperazine rings is 1. The summed E-state index contributed by atoms with van der Waals surface area (Å²) in [4.78, 5) is 19.6. The predicted molar refractivity (Wildman–Crippen MR) is 146 cm³/mol. The molecule has 2 aromatic rings. The third-order valence-electron chi connectivity index (χ3n) is 6.57. The molecule has 0 aliphatic carbocycles. The second-order valence-electron chi connectivity index (χ2n) is 8.73. The van der Waals surface area contributed by atoms with Gasteiger partial charge in [0.1, 0.15) is 5.75 Å². The second kappa shape index (κ2) is 13.7. The number of halogens is 2. The van der Waals surface area contributed by atoms with E-state index in [4.69, 9.17) is 0 Å². The number of benzene rings is 2. The van der Waals surface area contributed by atoms with E-state index >= 15 is 0 Å². The van der Waals surface area contributed by atoms with E-state index in [9.17, 15) is 9.90 Å². The lowest BCUT2D eigenvalue weighted by molar-refractivity contribution is 0.0306. The van der Waals surface area contributed by atoms with Crippen molar-refractivity contribution in [1.82, 2.24) is 14.7 Å². The first-order valence-corrected chi connectivity index (χ1v) is 11.7. The van der Waals surface area contributed by atoms with Crippen LogP contribution in [0.2, 0.25) is 0 Å². The maximum atomic E-state index is 12.8. The van der Waals surface area contributed by atoms with Crippen LogP contribution in [0.1, 0.15) is 55.2 Å². The van der Waals surface area contributed by atoms with E-state index < -0.39 is 0 Å². The summed E-state index contributed by atoms with van der Waals surface area (Å²) in [6.07, 6.45) is 1.97. The summed E-state index contributed by atoms with van der Waals surface area (Å²) in [5, 5.41) is 10.2. The van der Waals surface area contributed by atoms with Crippen molar-refractivity contribution in [2.75, 3.05) is 32.7 Å². The van der Waals surface area contributed by atoms with Crippen LogP contribution >= 0.6 is 24.8 Å². The minimum Gasteiger partial charge on any atom is -0.508 e. The molecule has 1 heterocycles. The first-order valence-electron chi connectivity index (χ1n) is 11.7. The lowest BCUT2D eigenvalue weighted by Crippen LogP contribution is -2.57. The quantitative estimate of drug-likeness (QED) is 0.486. The lowest BCUT2D eigenvalue weighted by atomic mass is 9.92. The van der Waals surface area contributed by atoms with E-state index in [0.29, 0.717) is 30.7 Å². The first kappa shape index (κ1) is 30.0. The molecule has 0 aromatic heterocycles. The standard InChI is InChI=1S/C27H37N3O2.2ClH/c1-6-16-29-18-21(5)30(19-20(29)4)26(24-10-9-11-25(31)17-24)22-12-14-23(15-13-22)27(32)28(7-2)8-3;;/h6,9-15,17,20-21,26,31H,1,7-8,16,18-19H2,2-5H3;2*1H. The molecular weight excluding hydrogens is 469 g/mol. The normalized spacial score (nSPS) is 19.4. The lowest BCUT2D eigenvalue weighted by Gasteiger charge is -2.47. The Morgan fingerprint density at radius 1 is 1.06 bits per heavy atom. The third kappa shape index (κ3) is 6.76. The van der Waals surface area contributed by atoms with E-state index in [0.717, 1.165) is 30.8 Å². The molecule has 1 amide bonds. The average molecular weight is 509 g/mol. The maximum absolute atomic E-state index is 12.8. The van der Waals surface area contributed by atoms with Crippen LogP contribution in [0.3, 0.4) is 0 Å². The number of aromatic hydroxyl groups is 1. The van der Waals surface area contributed by atoms with Gasteiger partial charge in [-0.05, 0) is 63.1 Å². The Labute approximate surface area is 217 Å². The first-order chi connectivity index (χ1) is 15.4. The fourth-order valence-corrected chi connectivity index (χ4v) is 4.78. The number of phenolic OH excluding ortho intramolecular Hbond substituents is 1. The van der Waals surface area contributed by atoms with Crippen LogP contribution in [-0.2, 0) is 0 Å². The average Bonchev–Trinajstić information content (AvgIpc) is 2.78.